The predicted octanol–water partition coefficient (Wildman–Crippen LogP) is 0.311. The van der Waals surface area contributed by atoms with Gasteiger partial charge in [-0.1, -0.05) is 0 Å². The third-order valence-corrected chi connectivity index (χ3v) is 2.36. The third kappa shape index (κ3) is 2.79. The van der Waals surface area contributed by atoms with Crippen LogP contribution in [-0.2, 0) is 4.79 Å². The first-order valence-corrected chi connectivity index (χ1v) is 4.33. The van der Waals surface area contributed by atoms with Gasteiger partial charge in [-0.05, 0) is 19.4 Å². The van der Waals surface area contributed by atoms with Crippen LogP contribution in [0.3, 0.4) is 0 Å². The van der Waals surface area contributed by atoms with Crippen LogP contribution in [0.1, 0.15) is 12.8 Å². The van der Waals surface area contributed by atoms with Crippen LogP contribution in [0.2, 0.25) is 0 Å². The van der Waals surface area contributed by atoms with Crippen molar-refractivity contribution in [1.82, 2.24) is 0 Å². The van der Waals surface area contributed by atoms with E-state index < -0.39 is 16.3 Å². The molecule has 12 heavy (non-hydrogen) atoms. The maximum Gasteiger partial charge on any atom is 0.326 e. The van der Waals surface area contributed by atoms with Crippen LogP contribution in [0.15, 0.2) is 0 Å². The second-order valence-corrected chi connectivity index (χ2v) is 3.63. The molecule has 0 aliphatic carbocycles. The first-order chi connectivity index (χ1) is 5.45. The SMILES string of the molecule is NCCC[C@](N)(C(=O)O)C(Cl)Cl. The van der Waals surface area contributed by atoms with E-state index >= 15 is 0 Å². The van der Waals surface area contributed by atoms with Gasteiger partial charge in [-0.2, -0.15) is 0 Å². The highest BCUT2D eigenvalue weighted by Crippen LogP contribution is 2.22. The van der Waals surface area contributed by atoms with E-state index in [1.807, 2.05) is 0 Å². The van der Waals surface area contributed by atoms with Crippen molar-refractivity contribution in [1.29, 1.82) is 0 Å². The lowest BCUT2D eigenvalue weighted by molar-refractivity contribution is -0.143. The van der Waals surface area contributed by atoms with Crippen molar-refractivity contribution >= 4 is 29.2 Å². The summed E-state index contributed by atoms with van der Waals surface area (Å²) in [5, 5.41) is 8.69. The zero-order valence-electron chi connectivity index (χ0n) is 6.46. The lowest BCUT2D eigenvalue weighted by Gasteiger charge is -2.25. The fourth-order valence-electron chi connectivity index (χ4n) is 0.704. The zero-order valence-corrected chi connectivity index (χ0v) is 7.98. The second-order valence-electron chi connectivity index (χ2n) is 2.54. The monoisotopic (exact) mass is 214 g/mol. The largest absolute Gasteiger partial charge is 0.480 e. The molecule has 0 saturated carbocycles. The Morgan fingerprint density at radius 1 is 1.58 bits per heavy atom. The first-order valence-electron chi connectivity index (χ1n) is 3.45. The number of carbonyl (C=O) groups is 1. The maximum atomic E-state index is 10.6. The molecular weight excluding hydrogens is 203 g/mol. The highest BCUT2D eigenvalue weighted by atomic mass is 35.5. The minimum absolute atomic E-state index is 0.177. The van der Waals surface area contributed by atoms with Crippen LogP contribution >= 0.6 is 23.2 Å². The molecule has 72 valence electrons. The Morgan fingerprint density at radius 2 is 2.08 bits per heavy atom. The van der Waals surface area contributed by atoms with E-state index in [-0.39, 0.29) is 6.42 Å². The molecule has 5 N–H and O–H groups in total. The summed E-state index contributed by atoms with van der Waals surface area (Å²) in [4.78, 5) is 9.51. The molecule has 0 heterocycles. The molecule has 0 aromatic rings. The van der Waals surface area contributed by atoms with Crippen LogP contribution in [-0.4, -0.2) is 28.0 Å². The highest BCUT2D eigenvalue weighted by molar-refractivity contribution is 6.46. The number of carboxylic acid groups (broad SMARTS) is 1. The van der Waals surface area contributed by atoms with Crippen molar-refractivity contribution in [3.05, 3.63) is 0 Å². The quantitative estimate of drug-likeness (QED) is 0.576. The van der Waals surface area contributed by atoms with E-state index in [9.17, 15) is 4.79 Å². The van der Waals surface area contributed by atoms with Gasteiger partial charge in [-0.3, -0.25) is 4.79 Å². The van der Waals surface area contributed by atoms with Crippen molar-refractivity contribution in [2.45, 2.75) is 23.2 Å². The Bertz CT molecular complexity index is 166. The van der Waals surface area contributed by atoms with E-state index in [0.717, 1.165) is 0 Å². The number of alkyl halides is 2. The standard InChI is InChI=1S/C6H12Cl2N2O2/c7-4(8)6(10,5(11)12)2-1-3-9/h4H,1-3,9-10H2,(H,11,12)/t6-/m1/s1. The van der Waals surface area contributed by atoms with Crippen LogP contribution < -0.4 is 11.5 Å². The van der Waals surface area contributed by atoms with Crippen molar-refractivity contribution in [2.75, 3.05) is 6.54 Å². The van der Waals surface area contributed by atoms with Gasteiger partial charge < -0.3 is 16.6 Å². The average Bonchev–Trinajstić information content (AvgIpc) is 1.99. The fourth-order valence-corrected chi connectivity index (χ4v) is 1.11. The Hall–Kier alpha value is -0.0300. The Balaban J connectivity index is 4.29. The van der Waals surface area contributed by atoms with Crippen LogP contribution in [0.5, 0.6) is 0 Å². The Morgan fingerprint density at radius 3 is 2.33 bits per heavy atom. The average molecular weight is 215 g/mol. The van der Waals surface area contributed by atoms with Crippen molar-refractivity contribution < 1.29 is 9.90 Å². The number of hydrogen-bond acceptors (Lipinski definition) is 3. The maximum absolute atomic E-state index is 10.6. The molecule has 0 rings (SSSR count). The van der Waals surface area contributed by atoms with Gasteiger partial charge in [0.05, 0.1) is 0 Å². The number of hydrogen-bond donors (Lipinski definition) is 3. The van der Waals surface area contributed by atoms with Gasteiger partial charge in [0.1, 0.15) is 10.4 Å². The Kier molecular flexibility index (Phi) is 4.85. The third-order valence-electron chi connectivity index (χ3n) is 1.58. The molecule has 0 aromatic carbocycles. The Labute approximate surface area is 80.8 Å². The molecule has 0 fully saturated rings. The number of halogens is 2. The summed E-state index contributed by atoms with van der Waals surface area (Å²) in [7, 11) is 0. The minimum Gasteiger partial charge on any atom is -0.480 e. The fraction of sp³-hybridized carbons (Fsp3) is 0.833. The number of nitrogens with two attached hydrogens (primary N) is 2. The van der Waals surface area contributed by atoms with E-state index in [0.29, 0.717) is 13.0 Å². The van der Waals surface area contributed by atoms with Crippen LogP contribution in [0, 0.1) is 0 Å². The summed E-state index contributed by atoms with van der Waals surface area (Å²) in [5.74, 6) is -1.20. The van der Waals surface area contributed by atoms with E-state index in [1.54, 1.807) is 0 Å². The zero-order chi connectivity index (χ0) is 9.78. The van der Waals surface area contributed by atoms with Crippen LogP contribution in [0.25, 0.3) is 0 Å². The van der Waals surface area contributed by atoms with Crippen molar-refractivity contribution in [2.24, 2.45) is 11.5 Å². The van der Waals surface area contributed by atoms with Crippen molar-refractivity contribution in [3.63, 3.8) is 0 Å². The first kappa shape index (κ1) is 12.0. The number of carboxylic acids is 1. The molecule has 4 nitrogen and oxygen atoms in total. The molecule has 0 radical (unpaired) electrons. The number of aliphatic carboxylic acids is 1. The molecule has 0 aliphatic rings. The van der Waals surface area contributed by atoms with Gasteiger partial charge >= 0.3 is 5.97 Å². The van der Waals surface area contributed by atoms with E-state index in [2.05, 4.69) is 0 Å². The molecular formula is C6H12Cl2N2O2. The van der Waals surface area contributed by atoms with E-state index in [1.165, 1.54) is 0 Å². The van der Waals surface area contributed by atoms with Crippen molar-refractivity contribution in [3.8, 4) is 0 Å². The van der Waals surface area contributed by atoms with Gasteiger partial charge in [-0.15, -0.1) is 23.2 Å². The molecule has 0 amide bonds. The van der Waals surface area contributed by atoms with Gasteiger partial charge in [0.25, 0.3) is 0 Å². The molecule has 0 aliphatic heterocycles. The normalized spacial score (nSPS) is 16.1. The molecule has 6 heteroatoms. The molecule has 0 spiro atoms. The van der Waals surface area contributed by atoms with Gasteiger partial charge in [0.2, 0.25) is 0 Å². The lowest BCUT2D eigenvalue weighted by Crippen LogP contribution is -2.53. The minimum atomic E-state index is -1.58. The lowest BCUT2D eigenvalue weighted by atomic mass is 9.97. The smallest absolute Gasteiger partial charge is 0.326 e. The van der Waals surface area contributed by atoms with E-state index in [4.69, 9.17) is 39.8 Å². The molecule has 0 aromatic heterocycles. The van der Waals surface area contributed by atoms with Gasteiger partial charge in [0.15, 0.2) is 0 Å². The topological polar surface area (TPSA) is 89.3 Å². The summed E-state index contributed by atoms with van der Waals surface area (Å²) in [6, 6.07) is 0. The van der Waals surface area contributed by atoms with Gasteiger partial charge in [0, 0.05) is 0 Å². The highest BCUT2D eigenvalue weighted by Gasteiger charge is 2.39. The van der Waals surface area contributed by atoms with Crippen LogP contribution in [0.4, 0.5) is 0 Å². The second kappa shape index (κ2) is 4.87. The number of rotatable bonds is 5. The summed E-state index contributed by atoms with van der Waals surface area (Å²) >= 11 is 10.9. The van der Waals surface area contributed by atoms with Gasteiger partial charge in [-0.25, -0.2) is 0 Å². The predicted molar refractivity (Wildman–Crippen MR) is 48.3 cm³/mol. The summed E-state index contributed by atoms with van der Waals surface area (Å²) in [5.41, 5.74) is 9.07. The molecule has 0 unspecified atom stereocenters. The molecule has 0 saturated heterocycles. The molecule has 0 bridgehead atoms. The molecule has 1 atom stereocenters. The summed E-state index contributed by atoms with van der Waals surface area (Å²) < 4.78 is 0. The summed E-state index contributed by atoms with van der Waals surface area (Å²) in [6.07, 6.45) is 0.662. The summed E-state index contributed by atoms with van der Waals surface area (Å²) in [6.45, 7) is 0.368.